The summed E-state index contributed by atoms with van der Waals surface area (Å²) in [5.41, 5.74) is 2.66. The lowest BCUT2D eigenvalue weighted by Gasteiger charge is -2.16. The number of benzene rings is 1. The fraction of sp³-hybridized carbons (Fsp3) is 0.647. The molecule has 1 nitrogen and oxygen atoms in total. The maximum absolute atomic E-state index is 10.5. The number of hydrogen-bond acceptors (Lipinski definition) is 1. The van der Waals surface area contributed by atoms with E-state index in [2.05, 4.69) is 31.2 Å². The Morgan fingerprint density at radius 3 is 2.50 bits per heavy atom. The average Bonchev–Trinajstić information content (AvgIpc) is 2.82. The Kier molecular flexibility index (Phi) is 2.35. The number of hydrogen-bond donors (Lipinski definition) is 1. The van der Waals surface area contributed by atoms with Crippen molar-refractivity contribution >= 4 is 0 Å². The molecule has 96 valence electrons. The first-order valence-corrected chi connectivity index (χ1v) is 7.48. The predicted octanol–water partition coefficient (Wildman–Crippen LogP) is 3.19. The van der Waals surface area contributed by atoms with Gasteiger partial charge in [-0.2, -0.15) is 0 Å². The third-order valence-electron chi connectivity index (χ3n) is 5.93. The maximum Gasteiger partial charge on any atom is 0.0614 e. The summed E-state index contributed by atoms with van der Waals surface area (Å²) in [6.45, 7) is 2.15. The first-order chi connectivity index (χ1) is 8.75. The van der Waals surface area contributed by atoms with E-state index in [1.54, 1.807) is 0 Å². The summed E-state index contributed by atoms with van der Waals surface area (Å²) in [4.78, 5) is 0. The molecule has 0 aliphatic heterocycles. The van der Waals surface area contributed by atoms with Crippen molar-refractivity contribution < 1.29 is 5.11 Å². The molecule has 1 N–H and O–H groups in total. The Hall–Kier alpha value is -0.820. The van der Waals surface area contributed by atoms with Crippen molar-refractivity contribution in [2.75, 3.05) is 0 Å². The molecule has 2 bridgehead atoms. The van der Waals surface area contributed by atoms with Crippen LogP contribution in [0.2, 0.25) is 0 Å². The van der Waals surface area contributed by atoms with E-state index >= 15 is 0 Å². The zero-order valence-corrected chi connectivity index (χ0v) is 11.0. The molecule has 0 radical (unpaired) electrons. The summed E-state index contributed by atoms with van der Waals surface area (Å²) in [5, 5.41) is 10.5. The number of fused-ring (bicyclic) bond motifs is 5. The second-order valence-electron chi connectivity index (χ2n) is 6.76. The van der Waals surface area contributed by atoms with Gasteiger partial charge in [0.25, 0.3) is 0 Å². The second-order valence-corrected chi connectivity index (χ2v) is 6.76. The molecule has 1 aromatic carbocycles. The Morgan fingerprint density at radius 1 is 1.17 bits per heavy atom. The highest BCUT2D eigenvalue weighted by Gasteiger charge is 2.66. The molecule has 0 amide bonds. The summed E-state index contributed by atoms with van der Waals surface area (Å²) in [5.74, 6) is 4.36. The van der Waals surface area contributed by atoms with Gasteiger partial charge in [0.2, 0.25) is 0 Å². The molecule has 5 atom stereocenters. The van der Waals surface area contributed by atoms with Crippen LogP contribution in [-0.4, -0.2) is 11.2 Å². The lowest BCUT2D eigenvalue weighted by Crippen LogP contribution is -2.18. The van der Waals surface area contributed by atoms with Gasteiger partial charge in [-0.1, -0.05) is 24.3 Å². The van der Waals surface area contributed by atoms with Crippen LogP contribution < -0.4 is 0 Å². The van der Waals surface area contributed by atoms with E-state index in [1.165, 1.54) is 30.4 Å². The van der Waals surface area contributed by atoms with Gasteiger partial charge in [-0.15, -0.1) is 0 Å². The molecule has 3 aliphatic rings. The molecule has 3 saturated carbocycles. The molecule has 5 unspecified atom stereocenters. The monoisotopic (exact) mass is 242 g/mol. The summed E-state index contributed by atoms with van der Waals surface area (Å²) in [6, 6.07) is 8.49. The fourth-order valence-corrected chi connectivity index (χ4v) is 5.11. The predicted molar refractivity (Wildman–Crippen MR) is 72.2 cm³/mol. The van der Waals surface area contributed by atoms with Gasteiger partial charge in [0.15, 0.2) is 0 Å². The van der Waals surface area contributed by atoms with E-state index in [9.17, 15) is 5.11 Å². The van der Waals surface area contributed by atoms with E-state index in [4.69, 9.17) is 0 Å². The van der Waals surface area contributed by atoms with E-state index in [-0.39, 0.29) is 6.10 Å². The van der Waals surface area contributed by atoms with Crippen LogP contribution in [0.15, 0.2) is 24.3 Å². The van der Waals surface area contributed by atoms with Crippen molar-refractivity contribution in [2.24, 2.45) is 29.6 Å². The quantitative estimate of drug-likeness (QED) is 0.863. The molecule has 0 saturated heterocycles. The second kappa shape index (κ2) is 3.84. The van der Waals surface area contributed by atoms with Crippen LogP contribution >= 0.6 is 0 Å². The zero-order chi connectivity index (χ0) is 12.3. The number of aliphatic hydroxyl groups excluding tert-OH is 1. The zero-order valence-electron chi connectivity index (χ0n) is 11.0. The van der Waals surface area contributed by atoms with E-state index in [1.807, 2.05) is 0 Å². The molecular formula is C17H22O. The normalized spacial score (nSPS) is 41.8. The van der Waals surface area contributed by atoms with Gasteiger partial charge in [0.05, 0.1) is 6.10 Å². The first kappa shape index (κ1) is 11.0. The minimum atomic E-state index is -0.0931. The Balaban J connectivity index is 1.47. The van der Waals surface area contributed by atoms with Crippen LogP contribution in [0.4, 0.5) is 0 Å². The maximum atomic E-state index is 10.5. The first-order valence-electron chi connectivity index (χ1n) is 7.48. The van der Waals surface area contributed by atoms with Gasteiger partial charge >= 0.3 is 0 Å². The summed E-state index contributed by atoms with van der Waals surface area (Å²) >= 11 is 0. The number of rotatable bonds is 3. The van der Waals surface area contributed by atoms with Gasteiger partial charge in [-0.05, 0) is 73.3 Å². The lowest BCUT2D eigenvalue weighted by molar-refractivity contribution is 0.128. The highest BCUT2D eigenvalue weighted by Crippen LogP contribution is 2.70. The largest absolute Gasteiger partial charge is 0.392 e. The third-order valence-corrected chi connectivity index (χ3v) is 5.93. The highest BCUT2D eigenvalue weighted by molar-refractivity contribution is 5.27. The summed E-state index contributed by atoms with van der Waals surface area (Å²) in [6.07, 6.45) is 5.13. The van der Waals surface area contributed by atoms with Crippen molar-refractivity contribution in [1.82, 2.24) is 0 Å². The minimum absolute atomic E-state index is 0.0931. The molecule has 1 aromatic rings. The lowest BCUT2D eigenvalue weighted by atomic mass is 9.94. The molecule has 0 spiro atoms. The van der Waals surface area contributed by atoms with Gasteiger partial charge in [0.1, 0.15) is 0 Å². The van der Waals surface area contributed by atoms with E-state index < -0.39 is 0 Å². The standard InChI is InChI=1S/C17H22O/c1-10-4-2-3-5-11(10)9-14(18)17-15-12-6-7-13(8-12)16(15)17/h2-5,12-18H,6-9H2,1H3. The molecule has 4 rings (SSSR count). The molecule has 1 heteroatoms. The van der Waals surface area contributed by atoms with Crippen molar-refractivity contribution in [3.05, 3.63) is 35.4 Å². The van der Waals surface area contributed by atoms with Crippen LogP contribution in [0.5, 0.6) is 0 Å². The number of aryl methyl sites for hydroxylation is 1. The Bertz CT molecular complexity index is 450. The third kappa shape index (κ3) is 1.50. The van der Waals surface area contributed by atoms with Crippen LogP contribution in [0.1, 0.15) is 30.4 Å². The van der Waals surface area contributed by atoms with Crippen LogP contribution in [0.3, 0.4) is 0 Å². The smallest absolute Gasteiger partial charge is 0.0614 e. The molecule has 3 aliphatic carbocycles. The van der Waals surface area contributed by atoms with E-state index in [0.717, 1.165) is 30.1 Å². The van der Waals surface area contributed by atoms with Gasteiger partial charge in [0, 0.05) is 0 Å². The van der Waals surface area contributed by atoms with Crippen molar-refractivity contribution in [2.45, 2.75) is 38.7 Å². The Labute approximate surface area is 109 Å². The van der Waals surface area contributed by atoms with Crippen LogP contribution in [0.25, 0.3) is 0 Å². The van der Waals surface area contributed by atoms with Crippen LogP contribution in [0, 0.1) is 36.5 Å². The van der Waals surface area contributed by atoms with Crippen molar-refractivity contribution in [1.29, 1.82) is 0 Å². The van der Waals surface area contributed by atoms with E-state index in [0.29, 0.717) is 5.92 Å². The topological polar surface area (TPSA) is 20.2 Å². The number of aliphatic hydroxyl groups is 1. The minimum Gasteiger partial charge on any atom is -0.392 e. The summed E-state index contributed by atoms with van der Waals surface area (Å²) in [7, 11) is 0. The van der Waals surface area contributed by atoms with Crippen LogP contribution in [-0.2, 0) is 6.42 Å². The van der Waals surface area contributed by atoms with Crippen molar-refractivity contribution in [3.63, 3.8) is 0 Å². The molecule has 0 heterocycles. The van der Waals surface area contributed by atoms with Gasteiger partial charge in [-0.3, -0.25) is 0 Å². The molecular weight excluding hydrogens is 220 g/mol. The van der Waals surface area contributed by atoms with Crippen molar-refractivity contribution in [3.8, 4) is 0 Å². The van der Waals surface area contributed by atoms with Gasteiger partial charge in [-0.25, -0.2) is 0 Å². The SMILES string of the molecule is Cc1ccccc1CC(O)C1C2C3CCC(C3)C12. The molecule has 3 fully saturated rings. The fourth-order valence-electron chi connectivity index (χ4n) is 5.11. The molecule has 0 aromatic heterocycles. The molecule has 18 heavy (non-hydrogen) atoms. The summed E-state index contributed by atoms with van der Waals surface area (Å²) < 4.78 is 0. The average molecular weight is 242 g/mol. The Morgan fingerprint density at radius 2 is 1.83 bits per heavy atom. The highest BCUT2D eigenvalue weighted by atomic mass is 16.3. The van der Waals surface area contributed by atoms with Gasteiger partial charge < -0.3 is 5.11 Å².